The zero-order valence-corrected chi connectivity index (χ0v) is 13.1. The van der Waals surface area contributed by atoms with Crippen molar-refractivity contribution in [3.8, 4) is 11.5 Å². The molecule has 2 aromatic rings. The molecular weight excluding hydrogens is 274 g/mol. The summed E-state index contributed by atoms with van der Waals surface area (Å²) >= 11 is 0. The Morgan fingerprint density at radius 3 is 2.32 bits per heavy atom. The molecule has 4 rings (SSSR count). The highest BCUT2D eigenvalue weighted by molar-refractivity contribution is 5.53. The first-order valence-corrected chi connectivity index (χ1v) is 7.88. The van der Waals surface area contributed by atoms with E-state index < -0.39 is 0 Å². The van der Waals surface area contributed by atoms with E-state index in [9.17, 15) is 0 Å². The summed E-state index contributed by atoms with van der Waals surface area (Å²) in [6, 6.07) is 13.5. The summed E-state index contributed by atoms with van der Waals surface area (Å²) in [4.78, 5) is 2.59. The van der Waals surface area contributed by atoms with Gasteiger partial charge in [0.05, 0.1) is 20.3 Å². The lowest BCUT2D eigenvalue weighted by molar-refractivity contribution is 0.201. The van der Waals surface area contributed by atoms with Crippen LogP contribution >= 0.6 is 0 Å². The van der Waals surface area contributed by atoms with Crippen LogP contribution in [-0.4, -0.2) is 32.2 Å². The maximum Gasteiger partial charge on any atom is 0.161 e. The van der Waals surface area contributed by atoms with Gasteiger partial charge in [-0.25, -0.2) is 0 Å². The van der Waals surface area contributed by atoms with Crippen LogP contribution in [-0.2, 0) is 12.8 Å². The number of hydrogen-bond acceptors (Lipinski definition) is 3. The van der Waals surface area contributed by atoms with Crippen LogP contribution in [0.5, 0.6) is 11.5 Å². The quantitative estimate of drug-likeness (QED) is 0.849. The first kappa shape index (κ1) is 13.6. The zero-order valence-electron chi connectivity index (χ0n) is 13.1. The fraction of sp³-hybridized carbons (Fsp3) is 0.368. The Hall–Kier alpha value is -2.00. The molecule has 114 valence electrons. The Kier molecular flexibility index (Phi) is 3.30. The van der Waals surface area contributed by atoms with Gasteiger partial charge >= 0.3 is 0 Å². The molecule has 0 amide bonds. The van der Waals surface area contributed by atoms with Crippen LogP contribution in [0.25, 0.3) is 0 Å². The van der Waals surface area contributed by atoms with E-state index in [4.69, 9.17) is 9.47 Å². The predicted molar refractivity (Wildman–Crippen MR) is 86.8 cm³/mol. The number of nitrogens with zero attached hydrogens (tertiary/aromatic N) is 1. The maximum atomic E-state index is 5.53. The van der Waals surface area contributed by atoms with Gasteiger partial charge in [-0.15, -0.1) is 0 Å². The number of ether oxygens (including phenoxy) is 2. The van der Waals surface area contributed by atoms with Gasteiger partial charge in [-0.3, -0.25) is 4.90 Å². The van der Waals surface area contributed by atoms with Gasteiger partial charge in [-0.05, 0) is 47.2 Å². The molecule has 0 N–H and O–H groups in total. The third kappa shape index (κ3) is 2.00. The van der Waals surface area contributed by atoms with Crippen LogP contribution in [0, 0.1) is 0 Å². The molecule has 0 aromatic heterocycles. The molecule has 0 aliphatic carbocycles. The van der Waals surface area contributed by atoms with E-state index >= 15 is 0 Å². The molecule has 2 aliphatic heterocycles. The summed E-state index contributed by atoms with van der Waals surface area (Å²) in [6.07, 6.45) is 2.23. The van der Waals surface area contributed by atoms with Gasteiger partial charge in [-0.2, -0.15) is 0 Å². The smallest absolute Gasteiger partial charge is 0.161 e. The first-order chi connectivity index (χ1) is 10.8. The Morgan fingerprint density at radius 1 is 0.864 bits per heavy atom. The largest absolute Gasteiger partial charge is 0.493 e. The molecule has 0 unspecified atom stereocenters. The standard InChI is InChI=1S/C19H21NO2/c1-21-17-11-14-8-10-20-9-7-13-5-3-4-6-15(13)19(20)16(14)12-18(17)22-2/h3-6,11-12,19H,7-10H2,1-2H3/t19-/m0/s1. The van der Waals surface area contributed by atoms with Crippen molar-refractivity contribution in [1.82, 2.24) is 4.90 Å². The third-order valence-electron chi connectivity index (χ3n) is 4.99. The normalized spacial score (nSPS) is 19.8. The maximum absolute atomic E-state index is 5.53. The van der Waals surface area contributed by atoms with E-state index in [0.717, 1.165) is 37.4 Å². The molecule has 3 heteroatoms. The summed E-state index contributed by atoms with van der Waals surface area (Å²) in [5.41, 5.74) is 5.68. The van der Waals surface area contributed by atoms with Crippen molar-refractivity contribution in [2.24, 2.45) is 0 Å². The number of methoxy groups -OCH3 is 2. The minimum absolute atomic E-state index is 0.355. The molecule has 2 aliphatic rings. The number of rotatable bonds is 2. The van der Waals surface area contributed by atoms with E-state index in [1.807, 2.05) is 0 Å². The Labute approximate surface area is 131 Å². The molecule has 0 bridgehead atoms. The van der Waals surface area contributed by atoms with Crippen molar-refractivity contribution >= 4 is 0 Å². The molecule has 0 fully saturated rings. The van der Waals surface area contributed by atoms with Gasteiger partial charge in [-0.1, -0.05) is 24.3 Å². The van der Waals surface area contributed by atoms with Gasteiger partial charge in [0.15, 0.2) is 11.5 Å². The second kappa shape index (κ2) is 5.33. The molecule has 0 radical (unpaired) electrons. The van der Waals surface area contributed by atoms with Crippen LogP contribution in [0.4, 0.5) is 0 Å². The second-order valence-corrected chi connectivity index (χ2v) is 6.04. The lowest BCUT2D eigenvalue weighted by atomic mass is 9.82. The molecule has 2 heterocycles. The highest BCUT2D eigenvalue weighted by Crippen LogP contribution is 2.43. The average molecular weight is 295 g/mol. The molecule has 22 heavy (non-hydrogen) atoms. The fourth-order valence-corrected chi connectivity index (χ4v) is 3.90. The van der Waals surface area contributed by atoms with Crippen LogP contribution in [0.2, 0.25) is 0 Å². The van der Waals surface area contributed by atoms with Crippen molar-refractivity contribution in [2.45, 2.75) is 18.9 Å². The van der Waals surface area contributed by atoms with Crippen molar-refractivity contribution in [3.63, 3.8) is 0 Å². The van der Waals surface area contributed by atoms with E-state index in [2.05, 4.69) is 41.3 Å². The van der Waals surface area contributed by atoms with Crippen molar-refractivity contribution in [1.29, 1.82) is 0 Å². The molecule has 0 spiro atoms. The molecule has 1 atom stereocenters. The first-order valence-electron chi connectivity index (χ1n) is 7.88. The van der Waals surface area contributed by atoms with Crippen molar-refractivity contribution in [2.75, 3.05) is 27.3 Å². The van der Waals surface area contributed by atoms with E-state index in [0.29, 0.717) is 6.04 Å². The minimum Gasteiger partial charge on any atom is -0.493 e. The third-order valence-corrected chi connectivity index (χ3v) is 4.99. The summed E-state index contributed by atoms with van der Waals surface area (Å²) in [5.74, 6) is 1.66. The predicted octanol–water partition coefficient (Wildman–Crippen LogP) is 3.21. The SMILES string of the molecule is COc1cc2c(cc1OC)[C@@H]1c3ccccc3CCN1CC2. The van der Waals surface area contributed by atoms with Gasteiger partial charge in [0.1, 0.15) is 0 Å². The minimum atomic E-state index is 0.355. The van der Waals surface area contributed by atoms with Gasteiger partial charge in [0.2, 0.25) is 0 Å². The van der Waals surface area contributed by atoms with E-state index in [-0.39, 0.29) is 0 Å². The Morgan fingerprint density at radius 2 is 1.55 bits per heavy atom. The van der Waals surface area contributed by atoms with Crippen LogP contribution in [0.3, 0.4) is 0 Å². The highest BCUT2D eigenvalue weighted by atomic mass is 16.5. The molecule has 3 nitrogen and oxygen atoms in total. The fourth-order valence-electron chi connectivity index (χ4n) is 3.90. The van der Waals surface area contributed by atoms with E-state index in [1.54, 1.807) is 14.2 Å². The topological polar surface area (TPSA) is 21.7 Å². The number of benzene rings is 2. The van der Waals surface area contributed by atoms with Crippen LogP contribution < -0.4 is 9.47 Å². The summed E-state index contributed by atoms with van der Waals surface area (Å²) < 4.78 is 11.0. The summed E-state index contributed by atoms with van der Waals surface area (Å²) in [5, 5.41) is 0. The monoisotopic (exact) mass is 295 g/mol. The molecule has 0 saturated carbocycles. The second-order valence-electron chi connectivity index (χ2n) is 6.04. The Balaban J connectivity index is 1.89. The van der Waals surface area contributed by atoms with Crippen LogP contribution in [0.15, 0.2) is 36.4 Å². The summed E-state index contributed by atoms with van der Waals surface area (Å²) in [7, 11) is 3.41. The highest BCUT2D eigenvalue weighted by Gasteiger charge is 2.33. The van der Waals surface area contributed by atoms with Crippen molar-refractivity contribution < 1.29 is 9.47 Å². The Bertz CT molecular complexity index is 711. The van der Waals surface area contributed by atoms with Crippen molar-refractivity contribution in [3.05, 3.63) is 58.7 Å². The number of hydrogen-bond donors (Lipinski definition) is 0. The van der Waals surface area contributed by atoms with Gasteiger partial charge in [0, 0.05) is 13.1 Å². The van der Waals surface area contributed by atoms with Gasteiger partial charge in [0.25, 0.3) is 0 Å². The molecule has 0 saturated heterocycles. The lowest BCUT2D eigenvalue weighted by Gasteiger charge is -2.42. The van der Waals surface area contributed by atoms with Gasteiger partial charge < -0.3 is 9.47 Å². The lowest BCUT2D eigenvalue weighted by Crippen LogP contribution is -2.40. The zero-order chi connectivity index (χ0) is 15.1. The molecular formula is C19H21NO2. The van der Waals surface area contributed by atoms with E-state index in [1.165, 1.54) is 22.3 Å². The average Bonchev–Trinajstić information content (AvgIpc) is 2.59. The molecule has 2 aromatic carbocycles. The number of fused-ring (bicyclic) bond motifs is 5. The van der Waals surface area contributed by atoms with Crippen LogP contribution in [0.1, 0.15) is 28.3 Å². The summed E-state index contributed by atoms with van der Waals surface area (Å²) in [6.45, 7) is 2.25.